The standard InChI is InChI=1S/C13H11N3O2/c1-17-11-4-2-3-10-12(11)18-16-13(10)15-9-5-7-14-8-6-9/h2-8H,1H3,(H,14,15,16). The second-order valence-corrected chi connectivity index (χ2v) is 3.73. The van der Waals surface area contributed by atoms with Gasteiger partial charge in [-0.2, -0.15) is 0 Å². The highest BCUT2D eigenvalue weighted by molar-refractivity contribution is 5.93. The van der Waals surface area contributed by atoms with Crippen LogP contribution in [0.4, 0.5) is 11.5 Å². The van der Waals surface area contributed by atoms with Crippen LogP contribution < -0.4 is 10.1 Å². The van der Waals surface area contributed by atoms with Crippen LogP contribution in [0.25, 0.3) is 11.0 Å². The summed E-state index contributed by atoms with van der Waals surface area (Å²) in [5.41, 5.74) is 1.54. The molecule has 18 heavy (non-hydrogen) atoms. The molecule has 5 nitrogen and oxygen atoms in total. The molecule has 0 spiro atoms. The third-order valence-corrected chi connectivity index (χ3v) is 2.63. The maximum atomic E-state index is 5.29. The first-order chi connectivity index (χ1) is 8.88. The van der Waals surface area contributed by atoms with Gasteiger partial charge >= 0.3 is 0 Å². The Morgan fingerprint density at radius 3 is 2.78 bits per heavy atom. The molecule has 0 saturated carbocycles. The van der Waals surface area contributed by atoms with Crippen LogP contribution in [0.5, 0.6) is 5.75 Å². The van der Waals surface area contributed by atoms with Crippen LogP contribution in [0.2, 0.25) is 0 Å². The average molecular weight is 241 g/mol. The fourth-order valence-corrected chi connectivity index (χ4v) is 1.76. The number of benzene rings is 1. The van der Waals surface area contributed by atoms with Gasteiger partial charge in [-0.25, -0.2) is 0 Å². The van der Waals surface area contributed by atoms with Crippen molar-refractivity contribution in [3.05, 3.63) is 42.7 Å². The van der Waals surface area contributed by atoms with E-state index in [1.807, 2.05) is 30.3 Å². The van der Waals surface area contributed by atoms with Crippen molar-refractivity contribution in [2.75, 3.05) is 12.4 Å². The van der Waals surface area contributed by atoms with Crippen molar-refractivity contribution in [3.8, 4) is 5.75 Å². The van der Waals surface area contributed by atoms with Crippen LogP contribution in [0.3, 0.4) is 0 Å². The van der Waals surface area contributed by atoms with E-state index in [2.05, 4.69) is 15.5 Å². The Morgan fingerprint density at radius 2 is 2.00 bits per heavy atom. The van der Waals surface area contributed by atoms with Crippen molar-refractivity contribution in [3.63, 3.8) is 0 Å². The number of hydrogen-bond acceptors (Lipinski definition) is 5. The Morgan fingerprint density at radius 1 is 1.17 bits per heavy atom. The number of anilines is 2. The molecule has 0 saturated heterocycles. The molecule has 0 aliphatic carbocycles. The van der Waals surface area contributed by atoms with Gasteiger partial charge in [0.15, 0.2) is 11.6 Å². The molecular weight excluding hydrogens is 230 g/mol. The molecule has 0 atom stereocenters. The molecule has 0 amide bonds. The van der Waals surface area contributed by atoms with Crippen molar-refractivity contribution >= 4 is 22.5 Å². The molecule has 2 aromatic heterocycles. The fourth-order valence-electron chi connectivity index (χ4n) is 1.76. The fraction of sp³-hybridized carbons (Fsp3) is 0.0769. The maximum Gasteiger partial charge on any atom is 0.210 e. The molecule has 0 bridgehead atoms. The number of nitrogens with zero attached hydrogens (tertiary/aromatic N) is 2. The summed E-state index contributed by atoms with van der Waals surface area (Å²) in [6, 6.07) is 9.39. The van der Waals surface area contributed by atoms with Gasteiger partial charge in [-0.15, -0.1) is 0 Å². The third kappa shape index (κ3) is 1.75. The Bertz CT molecular complexity index is 664. The summed E-state index contributed by atoms with van der Waals surface area (Å²) in [6.07, 6.45) is 3.43. The van der Waals surface area contributed by atoms with Gasteiger partial charge in [0.05, 0.1) is 12.5 Å². The monoisotopic (exact) mass is 241 g/mol. The summed E-state index contributed by atoms with van der Waals surface area (Å²) in [4.78, 5) is 3.96. The summed E-state index contributed by atoms with van der Waals surface area (Å²) in [7, 11) is 1.60. The van der Waals surface area contributed by atoms with E-state index in [1.165, 1.54) is 0 Å². The van der Waals surface area contributed by atoms with E-state index in [9.17, 15) is 0 Å². The summed E-state index contributed by atoms with van der Waals surface area (Å²) in [5.74, 6) is 1.33. The van der Waals surface area contributed by atoms with Crippen LogP contribution in [-0.4, -0.2) is 17.3 Å². The van der Waals surface area contributed by atoms with Gasteiger partial charge in [0.1, 0.15) is 0 Å². The highest BCUT2D eigenvalue weighted by atomic mass is 16.5. The first kappa shape index (κ1) is 10.6. The molecule has 3 rings (SSSR count). The summed E-state index contributed by atoms with van der Waals surface area (Å²) < 4.78 is 10.5. The van der Waals surface area contributed by atoms with Crippen molar-refractivity contribution in [2.45, 2.75) is 0 Å². The SMILES string of the molecule is COc1cccc2c(Nc3ccncc3)noc12. The zero-order valence-electron chi connectivity index (χ0n) is 9.75. The number of nitrogens with one attached hydrogen (secondary N) is 1. The zero-order valence-corrected chi connectivity index (χ0v) is 9.75. The number of methoxy groups -OCH3 is 1. The van der Waals surface area contributed by atoms with Crippen LogP contribution in [0.1, 0.15) is 0 Å². The number of hydrogen-bond donors (Lipinski definition) is 1. The minimum atomic E-state index is 0.636. The van der Waals surface area contributed by atoms with Gasteiger partial charge in [0, 0.05) is 18.1 Å². The molecule has 3 aromatic rings. The van der Waals surface area contributed by atoms with E-state index in [4.69, 9.17) is 9.26 Å². The van der Waals surface area contributed by atoms with Gasteiger partial charge in [-0.05, 0) is 24.3 Å². The third-order valence-electron chi connectivity index (χ3n) is 2.63. The van der Waals surface area contributed by atoms with E-state index in [1.54, 1.807) is 19.5 Å². The van der Waals surface area contributed by atoms with Crippen molar-refractivity contribution in [1.82, 2.24) is 10.1 Å². The quantitative estimate of drug-likeness (QED) is 0.763. The van der Waals surface area contributed by atoms with E-state index in [0.29, 0.717) is 17.2 Å². The van der Waals surface area contributed by atoms with E-state index < -0.39 is 0 Å². The highest BCUT2D eigenvalue weighted by Crippen LogP contribution is 2.31. The minimum Gasteiger partial charge on any atom is -0.493 e. The van der Waals surface area contributed by atoms with Crippen LogP contribution in [0.15, 0.2) is 47.2 Å². The van der Waals surface area contributed by atoms with E-state index in [0.717, 1.165) is 11.1 Å². The second kappa shape index (κ2) is 4.37. The Kier molecular flexibility index (Phi) is 2.57. The Balaban J connectivity index is 2.03. The first-order valence-corrected chi connectivity index (χ1v) is 5.48. The number of aromatic nitrogens is 2. The summed E-state index contributed by atoms with van der Waals surface area (Å²) >= 11 is 0. The van der Waals surface area contributed by atoms with Gasteiger partial charge in [0.2, 0.25) is 5.58 Å². The lowest BCUT2D eigenvalue weighted by Crippen LogP contribution is -1.90. The normalized spacial score (nSPS) is 10.5. The minimum absolute atomic E-state index is 0.636. The number of rotatable bonds is 3. The predicted octanol–water partition coefficient (Wildman–Crippen LogP) is 2.98. The van der Waals surface area contributed by atoms with Crippen molar-refractivity contribution in [2.24, 2.45) is 0 Å². The smallest absolute Gasteiger partial charge is 0.210 e. The molecular formula is C13H11N3O2. The summed E-state index contributed by atoms with van der Waals surface area (Å²) in [6.45, 7) is 0. The lowest BCUT2D eigenvalue weighted by Gasteiger charge is -2.02. The molecule has 0 unspecified atom stereocenters. The Labute approximate surface area is 103 Å². The molecule has 0 radical (unpaired) electrons. The number of ether oxygens (including phenoxy) is 1. The molecule has 1 aromatic carbocycles. The molecule has 90 valence electrons. The molecule has 2 heterocycles. The average Bonchev–Trinajstić information content (AvgIpc) is 2.83. The zero-order chi connectivity index (χ0) is 12.4. The number of pyridine rings is 1. The predicted molar refractivity (Wildman–Crippen MR) is 68.1 cm³/mol. The van der Waals surface area contributed by atoms with Gasteiger partial charge < -0.3 is 14.6 Å². The largest absolute Gasteiger partial charge is 0.493 e. The van der Waals surface area contributed by atoms with E-state index in [-0.39, 0.29) is 0 Å². The van der Waals surface area contributed by atoms with Gasteiger partial charge in [-0.3, -0.25) is 4.98 Å². The maximum absolute atomic E-state index is 5.29. The van der Waals surface area contributed by atoms with Crippen molar-refractivity contribution < 1.29 is 9.26 Å². The molecule has 0 aliphatic rings. The van der Waals surface area contributed by atoms with Gasteiger partial charge in [-0.1, -0.05) is 11.2 Å². The van der Waals surface area contributed by atoms with Crippen LogP contribution >= 0.6 is 0 Å². The summed E-state index contributed by atoms with van der Waals surface area (Å²) in [5, 5.41) is 8.07. The molecule has 0 fully saturated rings. The highest BCUT2D eigenvalue weighted by Gasteiger charge is 2.11. The second-order valence-electron chi connectivity index (χ2n) is 3.73. The van der Waals surface area contributed by atoms with E-state index >= 15 is 0 Å². The van der Waals surface area contributed by atoms with Crippen LogP contribution in [-0.2, 0) is 0 Å². The lowest BCUT2D eigenvalue weighted by atomic mass is 10.2. The Hall–Kier alpha value is -2.56. The topological polar surface area (TPSA) is 60.2 Å². The first-order valence-electron chi connectivity index (χ1n) is 5.48. The molecule has 0 aliphatic heterocycles. The number of fused-ring (bicyclic) bond motifs is 1. The molecule has 1 N–H and O–H groups in total. The van der Waals surface area contributed by atoms with Gasteiger partial charge in [0.25, 0.3) is 0 Å². The number of para-hydroxylation sites is 1. The van der Waals surface area contributed by atoms with Crippen LogP contribution in [0, 0.1) is 0 Å². The van der Waals surface area contributed by atoms with Crippen molar-refractivity contribution in [1.29, 1.82) is 0 Å². The lowest BCUT2D eigenvalue weighted by molar-refractivity contribution is 0.394. The molecule has 5 heteroatoms.